The maximum atomic E-state index is 12.1. The minimum absolute atomic E-state index is 0.000237. The molecule has 2 amide bonds. The van der Waals surface area contributed by atoms with Gasteiger partial charge in [-0.25, -0.2) is 4.79 Å². The van der Waals surface area contributed by atoms with Crippen LogP contribution in [0.2, 0.25) is 0 Å². The third-order valence-electron chi connectivity index (χ3n) is 3.04. The van der Waals surface area contributed by atoms with Gasteiger partial charge < -0.3 is 4.84 Å². The second-order valence-electron chi connectivity index (χ2n) is 4.93. The predicted molar refractivity (Wildman–Crippen MR) is 76.4 cm³/mol. The van der Waals surface area contributed by atoms with Gasteiger partial charge in [-0.3, -0.25) is 9.59 Å². The maximum Gasteiger partial charge on any atom is 0.394 e. The maximum absolute atomic E-state index is 12.1. The highest BCUT2D eigenvalue weighted by atomic mass is 32.1. The minimum Gasteiger partial charge on any atom is -0.321 e. The number of carbonyl (C=O) groups is 3. The summed E-state index contributed by atoms with van der Waals surface area (Å²) in [6, 6.07) is 6.28. The molecule has 0 saturated heterocycles. The number of hydroxylamine groups is 2. The van der Waals surface area contributed by atoms with Crippen molar-refractivity contribution in [3.05, 3.63) is 45.4 Å². The first-order chi connectivity index (χ1) is 10.5. The standard InChI is InChI=1S/C14H11N3O4S/c1-7(2)10-15-16-11(22-10)14(20)21-17-12(18)8-5-3-4-6-9(8)13(17)19/h3-7H,1-2H3. The Bertz CT molecular complexity index is 749. The summed E-state index contributed by atoms with van der Waals surface area (Å²) < 4.78 is 0. The zero-order valence-electron chi connectivity index (χ0n) is 11.8. The van der Waals surface area contributed by atoms with Crippen LogP contribution in [0.4, 0.5) is 0 Å². The number of amides is 2. The van der Waals surface area contributed by atoms with Crippen LogP contribution in [-0.2, 0) is 4.84 Å². The topological polar surface area (TPSA) is 89.5 Å². The lowest BCUT2D eigenvalue weighted by Gasteiger charge is -2.10. The minimum atomic E-state index is -0.876. The smallest absolute Gasteiger partial charge is 0.321 e. The summed E-state index contributed by atoms with van der Waals surface area (Å²) in [6.45, 7) is 3.83. The highest BCUT2D eigenvalue weighted by Crippen LogP contribution is 2.24. The van der Waals surface area contributed by atoms with Crippen molar-refractivity contribution in [3.8, 4) is 0 Å². The second kappa shape index (κ2) is 5.30. The van der Waals surface area contributed by atoms with Gasteiger partial charge in [0.1, 0.15) is 5.01 Å². The zero-order chi connectivity index (χ0) is 15.9. The van der Waals surface area contributed by atoms with Gasteiger partial charge in [0.2, 0.25) is 5.01 Å². The van der Waals surface area contributed by atoms with Crippen molar-refractivity contribution in [2.45, 2.75) is 19.8 Å². The quantitative estimate of drug-likeness (QED) is 0.805. The van der Waals surface area contributed by atoms with Crippen molar-refractivity contribution in [2.24, 2.45) is 0 Å². The fourth-order valence-corrected chi connectivity index (χ4v) is 2.64. The van der Waals surface area contributed by atoms with Crippen LogP contribution >= 0.6 is 11.3 Å². The van der Waals surface area contributed by atoms with Crippen LogP contribution in [0.1, 0.15) is 55.3 Å². The molecule has 22 heavy (non-hydrogen) atoms. The molecule has 0 atom stereocenters. The van der Waals surface area contributed by atoms with Gasteiger partial charge in [0.05, 0.1) is 11.1 Å². The second-order valence-corrected chi connectivity index (χ2v) is 5.94. The van der Waals surface area contributed by atoms with Crippen LogP contribution in [0.25, 0.3) is 0 Å². The van der Waals surface area contributed by atoms with Crippen LogP contribution in [0.5, 0.6) is 0 Å². The molecule has 3 rings (SSSR count). The lowest BCUT2D eigenvalue weighted by Crippen LogP contribution is -2.32. The van der Waals surface area contributed by atoms with E-state index in [9.17, 15) is 14.4 Å². The van der Waals surface area contributed by atoms with Crippen molar-refractivity contribution >= 4 is 29.1 Å². The molecule has 1 aromatic heterocycles. The summed E-state index contributed by atoms with van der Waals surface area (Å²) in [6.07, 6.45) is 0. The van der Waals surface area contributed by atoms with Crippen LogP contribution in [0, 0.1) is 0 Å². The Morgan fingerprint density at radius 1 is 1.14 bits per heavy atom. The summed E-state index contributed by atoms with van der Waals surface area (Å²) in [4.78, 5) is 41.1. The summed E-state index contributed by atoms with van der Waals surface area (Å²) in [5.41, 5.74) is 0.417. The van der Waals surface area contributed by atoms with Crippen molar-refractivity contribution < 1.29 is 19.2 Å². The molecule has 0 radical (unpaired) electrons. The molecular weight excluding hydrogens is 306 g/mol. The molecule has 0 N–H and O–H groups in total. The number of benzene rings is 1. The predicted octanol–water partition coefficient (Wildman–Crippen LogP) is 2.03. The van der Waals surface area contributed by atoms with Gasteiger partial charge >= 0.3 is 5.97 Å². The third-order valence-corrected chi connectivity index (χ3v) is 4.24. The molecule has 0 saturated carbocycles. The number of carbonyl (C=O) groups excluding carboxylic acids is 3. The molecule has 1 aliphatic rings. The fourth-order valence-electron chi connectivity index (χ4n) is 1.92. The SMILES string of the molecule is CC(C)c1nnc(C(=O)ON2C(=O)c3ccccc3C2=O)s1. The molecule has 112 valence electrons. The Kier molecular flexibility index (Phi) is 3.45. The van der Waals surface area contributed by atoms with Crippen molar-refractivity contribution in [2.75, 3.05) is 0 Å². The molecule has 0 aliphatic carbocycles. The Morgan fingerprint density at radius 3 is 2.23 bits per heavy atom. The van der Waals surface area contributed by atoms with Gasteiger partial charge in [-0.1, -0.05) is 42.4 Å². The third kappa shape index (κ3) is 2.27. The van der Waals surface area contributed by atoms with E-state index in [2.05, 4.69) is 10.2 Å². The lowest BCUT2D eigenvalue weighted by atomic mass is 10.1. The first-order valence-electron chi connectivity index (χ1n) is 6.52. The van der Waals surface area contributed by atoms with E-state index in [1.165, 1.54) is 12.1 Å². The Hall–Kier alpha value is -2.61. The largest absolute Gasteiger partial charge is 0.394 e. The van der Waals surface area contributed by atoms with E-state index in [0.717, 1.165) is 11.3 Å². The van der Waals surface area contributed by atoms with Crippen LogP contribution in [0.3, 0.4) is 0 Å². The molecule has 0 bridgehead atoms. The van der Waals surface area contributed by atoms with Crippen LogP contribution < -0.4 is 0 Å². The average Bonchev–Trinajstić information content (AvgIpc) is 3.08. The van der Waals surface area contributed by atoms with E-state index >= 15 is 0 Å². The van der Waals surface area contributed by atoms with Crippen LogP contribution in [0.15, 0.2) is 24.3 Å². The number of aromatic nitrogens is 2. The van der Waals surface area contributed by atoms with E-state index in [1.54, 1.807) is 12.1 Å². The molecular formula is C14H11N3O4S. The van der Waals surface area contributed by atoms with Gasteiger partial charge in [0, 0.05) is 5.92 Å². The first kappa shape index (κ1) is 14.3. The number of imide groups is 1. The van der Waals surface area contributed by atoms with Crippen molar-refractivity contribution in [1.29, 1.82) is 0 Å². The zero-order valence-corrected chi connectivity index (χ0v) is 12.6. The van der Waals surface area contributed by atoms with Gasteiger partial charge in [0.15, 0.2) is 0 Å². The van der Waals surface area contributed by atoms with Gasteiger partial charge in [0.25, 0.3) is 11.8 Å². The van der Waals surface area contributed by atoms with Gasteiger partial charge in [-0.05, 0) is 12.1 Å². The molecule has 8 heteroatoms. The number of hydrogen-bond donors (Lipinski definition) is 0. The number of rotatable bonds is 3. The normalized spacial score (nSPS) is 13.7. The highest BCUT2D eigenvalue weighted by Gasteiger charge is 2.39. The Morgan fingerprint density at radius 2 is 1.73 bits per heavy atom. The monoisotopic (exact) mass is 317 g/mol. The Labute approximate surface area is 129 Å². The summed E-state index contributed by atoms with van der Waals surface area (Å²) in [7, 11) is 0. The molecule has 2 heterocycles. The molecule has 1 aromatic carbocycles. The first-order valence-corrected chi connectivity index (χ1v) is 7.34. The molecule has 0 fully saturated rings. The summed E-state index contributed by atoms with van der Waals surface area (Å²) >= 11 is 1.07. The van der Waals surface area contributed by atoms with Crippen molar-refractivity contribution in [3.63, 3.8) is 0 Å². The van der Waals surface area contributed by atoms with Gasteiger partial charge in [-0.15, -0.1) is 10.2 Å². The van der Waals surface area contributed by atoms with E-state index in [1.807, 2.05) is 13.8 Å². The highest BCUT2D eigenvalue weighted by molar-refractivity contribution is 7.13. The molecule has 1 aliphatic heterocycles. The molecule has 0 spiro atoms. The van der Waals surface area contributed by atoms with Gasteiger partial charge in [-0.2, -0.15) is 0 Å². The fraction of sp³-hybridized carbons (Fsp3) is 0.214. The Balaban J connectivity index is 1.80. The number of hydrogen-bond acceptors (Lipinski definition) is 7. The van der Waals surface area contributed by atoms with Crippen molar-refractivity contribution in [1.82, 2.24) is 15.3 Å². The molecule has 2 aromatic rings. The summed E-state index contributed by atoms with van der Waals surface area (Å²) in [5, 5.41) is 8.73. The van der Waals surface area contributed by atoms with E-state index in [0.29, 0.717) is 10.1 Å². The average molecular weight is 317 g/mol. The van der Waals surface area contributed by atoms with E-state index < -0.39 is 17.8 Å². The van der Waals surface area contributed by atoms with E-state index in [4.69, 9.17) is 4.84 Å². The number of nitrogens with zero attached hydrogens (tertiary/aromatic N) is 3. The van der Waals surface area contributed by atoms with Crippen LogP contribution in [-0.4, -0.2) is 33.0 Å². The van der Waals surface area contributed by atoms with E-state index in [-0.39, 0.29) is 22.1 Å². The number of fused-ring (bicyclic) bond motifs is 1. The molecule has 7 nitrogen and oxygen atoms in total. The lowest BCUT2D eigenvalue weighted by molar-refractivity contribution is -0.0585. The molecule has 0 unspecified atom stereocenters. The summed E-state index contributed by atoms with van der Waals surface area (Å²) in [5.74, 6) is -2.08.